The largest absolute Gasteiger partial charge is 0.375 e. The first-order valence-electron chi connectivity index (χ1n) is 9.06. The number of nitrogens with zero attached hydrogens (tertiary/aromatic N) is 2. The lowest BCUT2D eigenvalue weighted by Crippen LogP contribution is -2.52. The highest BCUT2D eigenvalue weighted by Crippen LogP contribution is 2.48. The Morgan fingerprint density at radius 2 is 0.821 bits per heavy atom. The summed E-state index contributed by atoms with van der Waals surface area (Å²) in [6, 6.07) is 28.7. The highest BCUT2D eigenvalue weighted by molar-refractivity contribution is 5.46. The highest BCUT2D eigenvalue weighted by atomic mass is 16.4. The van der Waals surface area contributed by atoms with Gasteiger partial charge in [0.15, 0.2) is 11.2 Å². The van der Waals surface area contributed by atoms with E-state index in [2.05, 4.69) is 9.97 Å². The second-order valence-corrected chi connectivity index (χ2v) is 6.58. The number of rotatable bonds is 5. The van der Waals surface area contributed by atoms with Crippen LogP contribution in [0.4, 0.5) is 0 Å². The molecule has 4 nitrogen and oxygen atoms in total. The molecule has 2 aromatic carbocycles. The van der Waals surface area contributed by atoms with Crippen molar-refractivity contribution in [3.63, 3.8) is 0 Å². The van der Waals surface area contributed by atoms with E-state index in [0.717, 1.165) is 0 Å². The van der Waals surface area contributed by atoms with Crippen molar-refractivity contribution in [2.45, 2.75) is 11.2 Å². The fourth-order valence-electron chi connectivity index (χ4n) is 3.60. The summed E-state index contributed by atoms with van der Waals surface area (Å²) >= 11 is 0. The molecule has 2 N–H and O–H groups in total. The molecule has 138 valence electrons. The fourth-order valence-corrected chi connectivity index (χ4v) is 3.60. The van der Waals surface area contributed by atoms with Gasteiger partial charge in [-0.15, -0.1) is 0 Å². The zero-order chi connectivity index (χ0) is 19.5. The first-order valence-corrected chi connectivity index (χ1v) is 9.06. The molecule has 4 aromatic rings. The van der Waals surface area contributed by atoms with Gasteiger partial charge in [0, 0.05) is 12.4 Å². The van der Waals surface area contributed by atoms with Crippen LogP contribution >= 0.6 is 0 Å². The van der Waals surface area contributed by atoms with Crippen molar-refractivity contribution < 1.29 is 10.2 Å². The number of benzene rings is 2. The minimum atomic E-state index is -1.87. The third kappa shape index (κ3) is 2.80. The van der Waals surface area contributed by atoms with Crippen LogP contribution in [0.25, 0.3) is 0 Å². The van der Waals surface area contributed by atoms with E-state index in [-0.39, 0.29) is 0 Å². The van der Waals surface area contributed by atoms with E-state index in [1.165, 1.54) is 0 Å². The molecule has 0 aliphatic rings. The maximum Gasteiger partial charge on any atom is 0.170 e. The van der Waals surface area contributed by atoms with Crippen molar-refractivity contribution in [1.29, 1.82) is 0 Å². The molecule has 2 unspecified atom stereocenters. The zero-order valence-electron chi connectivity index (χ0n) is 15.2. The predicted octanol–water partition coefficient (Wildman–Crippen LogP) is 3.65. The molecule has 0 saturated heterocycles. The average molecular weight is 368 g/mol. The van der Waals surface area contributed by atoms with Gasteiger partial charge in [0.05, 0.1) is 11.4 Å². The molecule has 2 heterocycles. The fraction of sp³-hybridized carbons (Fsp3) is 0.0833. The molecular formula is C24H20N2O2. The minimum absolute atomic E-state index is 0.332. The summed E-state index contributed by atoms with van der Waals surface area (Å²) in [6.07, 6.45) is 3.21. The Morgan fingerprint density at radius 3 is 1.14 bits per heavy atom. The SMILES string of the molecule is OC(c1ccccc1)(c1ccccn1)C(O)(c1ccccc1)c1ccccn1. The van der Waals surface area contributed by atoms with Gasteiger partial charge in [-0.2, -0.15) is 0 Å². The maximum atomic E-state index is 12.2. The van der Waals surface area contributed by atoms with E-state index in [9.17, 15) is 10.2 Å². The van der Waals surface area contributed by atoms with E-state index in [1.54, 1.807) is 73.1 Å². The van der Waals surface area contributed by atoms with Gasteiger partial charge in [0.1, 0.15) is 0 Å². The number of aromatic nitrogens is 2. The Hall–Kier alpha value is -3.34. The minimum Gasteiger partial charge on any atom is -0.375 e. The van der Waals surface area contributed by atoms with Crippen LogP contribution in [-0.4, -0.2) is 20.2 Å². The molecule has 0 bridgehead atoms. The van der Waals surface area contributed by atoms with Crippen LogP contribution in [0.5, 0.6) is 0 Å². The molecule has 28 heavy (non-hydrogen) atoms. The van der Waals surface area contributed by atoms with Crippen LogP contribution < -0.4 is 0 Å². The lowest BCUT2D eigenvalue weighted by Gasteiger charge is -2.43. The van der Waals surface area contributed by atoms with Crippen molar-refractivity contribution in [3.8, 4) is 0 Å². The number of aliphatic hydroxyl groups is 2. The number of pyridine rings is 2. The van der Waals surface area contributed by atoms with E-state index in [0.29, 0.717) is 22.5 Å². The summed E-state index contributed by atoms with van der Waals surface area (Å²) in [7, 11) is 0. The Labute approximate surface area is 163 Å². The molecule has 0 amide bonds. The smallest absolute Gasteiger partial charge is 0.170 e. The third-order valence-corrected chi connectivity index (χ3v) is 4.98. The van der Waals surface area contributed by atoms with E-state index in [4.69, 9.17) is 0 Å². The van der Waals surface area contributed by atoms with Gasteiger partial charge in [0.2, 0.25) is 0 Å². The monoisotopic (exact) mass is 368 g/mol. The maximum absolute atomic E-state index is 12.2. The normalized spacial score (nSPS) is 15.4. The molecule has 0 aliphatic heterocycles. The van der Waals surface area contributed by atoms with Gasteiger partial charge in [-0.1, -0.05) is 72.8 Å². The van der Waals surface area contributed by atoms with Gasteiger partial charge >= 0.3 is 0 Å². The summed E-state index contributed by atoms with van der Waals surface area (Å²) < 4.78 is 0. The molecular weight excluding hydrogens is 348 g/mol. The van der Waals surface area contributed by atoms with Crippen LogP contribution in [0, 0.1) is 0 Å². The van der Waals surface area contributed by atoms with Crippen LogP contribution in [0.15, 0.2) is 109 Å². The molecule has 4 rings (SSSR count). The molecule has 0 aliphatic carbocycles. The topological polar surface area (TPSA) is 66.2 Å². The van der Waals surface area contributed by atoms with E-state index >= 15 is 0 Å². The summed E-state index contributed by atoms with van der Waals surface area (Å²) in [4.78, 5) is 8.81. The first kappa shape index (κ1) is 18.0. The lowest BCUT2D eigenvalue weighted by molar-refractivity contribution is -0.117. The van der Waals surface area contributed by atoms with Crippen molar-refractivity contribution in [3.05, 3.63) is 132 Å². The quantitative estimate of drug-likeness (QED) is 0.564. The highest BCUT2D eigenvalue weighted by Gasteiger charge is 2.56. The van der Waals surface area contributed by atoms with Gasteiger partial charge in [-0.05, 0) is 35.4 Å². The second-order valence-electron chi connectivity index (χ2n) is 6.58. The Kier molecular flexibility index (Phi) is 4.74. The summed E-state index contributed by atoms with van der Waals surface area (Å²) in [6.45, 7) is 0. The van der Waals surface area contributed by atoms with Crippen LogP contribution in [0.2, 0.25) is 0 Å². The Balaban J connectivity index is 2.09. The second kappa shape index (κ2) is 7.35. The van der Waals surface area contributed by atoms with Crippen LogP contribution in [0.1, 0.15) is 22.5 Å². The van der Waals surface area contributed by atoms with Gasteiger partial charge in [-0.25, -0.2) is 0 Å². The number of hydrogen-bond donors (Lipinski definition) is 2. The summed E-state index contributed by atoms with van der Waals surface area (Å²) in [5.41, 5.74) is -2.04. The summed E-state index contributed by atoms with van der Waals surface area (Å²) in [5, 5.41) is 24.5. The molecule has 4 heteroatoms. The van der Waals surface area contributed by atoms with Crippen molar-refractivity contribution in [2.24, 2.45) is 0 Å². The van der Waals surface area contributed by atoms with Crippen LogP contribution in [0.3, 0.4) is 0 Å². The van der Waals surface area contributed by atoms with Crippen molar-refractivity contribution in [1.82, 2.24) is 9.97 Å². The lowest BCUT2D eigenvalue weighted by atomic mass is 9.69. The summed E-state index contributed by atoms with van der Waals surface area (Å²) in [5.74, 6) is 0. The standard InChI is InChI=1S/C24H20N2O2/c27-23(19-11-3-1-4-12-19,21-15-7-9-17-25-21)24(28,20-13-5-2-6-14-20)22-16-8-10-18-26-22/h1-18,27-28H. The van der Waals surface area contributed by atoms with Gasteiger partial charge in [0.25, 0.3) is 0 Å². The van der Waals surface area contributed by atoms with E-state index < -0.39 is 11.2 Å². The van der Waals surface area contributed by atoms with E-state index in [1.807, 2.05) is 36.4 Å². The molecule has 2 atom stereocenters. The molecule has 2 aromatic heterocycles. The average Bonchev–Trinajstić information content (AvgIpc) is 2.80. The molecule has 0 saturated carbocycles. The first-order chi connectivity index (χ1) is 13.7. The van der Waals surface area contributed by atoms with Gasteiger partial charge < -0.3 is 10.2 Å². The molecule has 0 spiro atoms. The zero-order valence-corrected chi connectivity index (χ0v) is 15.2. The predicted molar refractivity (Wildman–Crippen MR) is 107 cm³/mol. The molecule has 0 radical (unpaired) electrons. The Bertz CT molecular complexity index is 857. The Morgan fingerprint density at radius 1 is 0.464 bits per heavy atom. The van der Waals surface area contributed by atoms with Crippen LogP contribution in [-0.2, 0) is 11.2 Å². The van der Waals surface area contributed by atoms with Crippen molar-refractivity contribution in [2.75, 3.05) is 0 Å². The number of hydrogen-bond acceptors (Lipinski definition) is 4. The van der Waals surface area contributed by atoms with Gasteiger partial charge in [-0.3, -0.25) is 9.97 Å². The van der Waals surface area contributed by atoms with Crippen molar-refractivity contribution >= 4 is 0 Å². The third-order valence-electron chi connectivity index (χ3n) is 4.98. The molecule has 0 fully saturated rings.